The second-order valence-electron chi connectivity index (χ2n) is 2.70. The third-order valence-corrected chi connectivity index (χ3v) is 1.31. The third-order valence-electron chi connectivity index (χ3n) is 1.31. The number of carbonyl (C=O) groups excluding carboxylic acids is 1. The number of rotatable bonds is 5. The summed E-state index contributed by atoms with van der Waals surface area (Å²) in [6.07, 6.45) is 1.70. The molecule has 5 nitrogen and oxygen atoms in total. The molecule has 1 atom stereocenters. The predicted molar refractivity (Wildman–Crippen MR) is 46.0 cm³/mol. The molecular formula is C8H13NO4. The normalized spacial score (nSPS) is 12.8. The lowest BCUT2D eigenvalue weighted by atomic mass is 10.2. The highest BCUT2D eigenvalue weighted by molar-refractivity contribution is 5.93. The van der Waals surface area contributed by atoms with Gasteiger partial charge in [0.25, 0.3) is 0 Å². The zero-order valence-electron chi connectivity index (χ0n) is 7.36. The van der Waals surface area contributed by atoms with Crippen molar-refractivity contribution in [2.45, 2.75) is 6.92 Å². The van der Waals surface area contributed by atoms with Gasteiger partial charge in [0, 0.05) is 25.3 Å². The second kappa shape index (κ2) is 6.19. The Labute approximate surface area is 76.1 Å². The Bertz CT molecular complexity index is 212. The molecule has 0 heterocycles. The molecule has 74 valence electrons. The van der Waals surface area contributed by atoms with Crippen molar-refractivity contribution in [3.63, 3.8) is 0 Å². The lowest BCUT2D eigenvalue weighted by Crippen LogP contribution is -2.28. The zero-order valence-corrected chi connectivity index (χ0v) is 7.36. The summed E-state index contributed by atoms with van der Waals surface area (Å²) in [5.41, 5.74) is 0. The summed E-state index contributed by atoms with van der Waals surface area (Å²) >= 11 is 0. The molecule has 0 aromatic rings. The summed E-state index contributed by atoms with van der Waals surface area (Å²) in [6, 6.07) is 0. The van der Waals surface area contributed by atoms with Gasteiger partial charge in [0.2, 0.25) is 5.91 Å². The van der Waals surface area contributed by atoms with Crippen LogP contribution in [0.1, 0.15) is 6.92 Å². The summed E-state index contributed by atoms with van der Waals surface area (Å²) in [5.74, 6) is -1.66. The highest BCUT2D eigenvalue weighted by atomic mass is 16.4. The van der Waals surface area contributed by atoms with Crippen molar-refractivity contribution in [2.24, 2.45) is 5.92 Å². The van der Waals surface area contributed by atoms with E-state index < -0.39 is 11.9 Å². The first-order valence-corrected chi connectivity index (χ1v) is 3.86. The Morgan fingerprint density at radius 1 is 1.46 bits per heavy atom. The van der Waals surface area contributed by atoms with E-state index in [1.807, 2.05) is 0 Å². The molecule has 1 amide bonds. The smallest absolute Gasteiger partial charge is 0.328 e. The Hall–Kier alpha value is -1.36. The Morgan fingerprint density at radius 2 is 2.08 bits per heavy atom. The van der Waals surface area contributed by atoms with Gasteiger partial charge in [-0.2, -0.15) is 0 Å². The monoisotopic (exact) mass is 187 g/mol. The molecule has 0 rings (SSSR count). The highest BCUT2D eigenvalue weighted by Crippen LogP contribution is 1.88. The van der Waals surface area contributed by atoms with E-state index in [1.54, 1.807) is 6.92 Å². The van der Waals surface area contributed by atoms with Gasteiger partial charge in [0.05, 0.1) is 0 Å². The minimum absolute atomic E-state index is 0.0110. The van der Waals surface area contributed by atoms with E-state index in [9.17, 15) is 9.59 Å². The molecule has 0 aromatic carbocycles. The standard InChI is InChI=1S/C8H13NO4/c1-6(5-10)4-9-7(11)2-3-8(12)13/h2-3,6,10H,4-5H2,1H3,(H,9,11)(H,12,13). The zero-order chi connectivity index (χ0) is 10.3. The van der Waals surface area contributed by atoms with Crippen LogP contribution in [0.2, 0.25) is 0 Å². The SMILES string of the molecule is CC(CO)CNC(=O)C=CC(=O)O. The first-order valence-electron chi connectivity index (χ1n) is 3.86. The van der Waals surface area contributed by atoms with Gasteiger partial charge in [-0.1, -0.05) is 6.92 Å². The van der Waals surface area contributed by atoms with E-state index in [2.05, 4.69) is 5.32 Å². The number of aliphatic carboxylic acids is 1. The number of carboxylic acid groups (broad SMARTS) is 1. The van der Waals surface area contributed by atoms with Crippen LogP contribution in [0.25, 0.3) is 0 Å². The second-order valence-corrected chi connectivity index (χ2v) is 2.70. The van der Waals surface area contributed by atoms with Crippen LogP contribution in [0, 0.1) is 5.92 Å². The molecule has 0 bridgehead atoms. The number of carbonyl (C=O) groups is 2. The molecule has 5 heteroatoms. The predicted octanol–water partition coefficient (Wildman–Crippen LogP) is -0.628. The molecule has 0 aliphatic carbocycles. The third kappa shape index (κ3) is 7.02. The Balaban J connectivity index is 3.69. The molecular weight excluding hydrogens is 174 g/mol. The molecule has 0 saturated carbocycles. The highest BCUT2D eigenvalue weighted by Gasteiger charge is 2.01. The van der Waals surface area contributed by atoms with E-state index in [0.29, 0.717) is 6.54 Å². The summed E-state index contributed by atoms with van der Waals surface area (Å²) < 4.78 is 0. The minimum atomic E-state index is -1.16. The van der Waals surface area contributed by atoms with Crippen molar-refractivity contribution >= 4 is 11.9 Å². The quantitative estimate of drug-likeness (QED) is 0.500. The Kier molecular flexibility index (Phi) is 5.54. The van der Waals surface area contributed by atoms with Gasteiger partial charge in [-0.25, -0.2) is 4.79 Å². The maximum Gasteiger partial charge on any atom is 0.328 e. The molecule has 0 aliphatic heterocycles. The van der Waals surface area contributed by atoms with Gasteiger partial charge in [-0.15, -0.1) is 0 Å². The first-order chi connectivity index (χ1) is 6.06. The topological polar surface area (TPSA) is 86.6 Å². The average molecular weight is 187 g/mol. The maximum atomic E-state index is 10.8. The van der Waals surface area contributed by atoms with Gasteiger partial charge in [0.15, 0.2) is 0 Å². The van der Waals surface area contributed by atoms with Gasteiger partial charge >= 0.3 is 5.97 Å². The van der Waals surface area contributed by atoms with Crippen molar-refractivity contribution in [1.29, 1.82) is 0 Å². The number of amides is 1. The minimum Gasteiger partial charge on any atom is -0.478 e. The number of hydrogen-bond donors (Lipinski definition) is 3. The fraction of sp³-hybridized carbons (Fsp3) is 0.500. The number of carboxylic acids is 1. The Morgan fingerprint density at radius 3 is 2.54 bits per heavy atom. The van der Waals surface area contributed by atoms with Crippen LogP contribution in [-0.4, -0.2) is 35.2 Å². The molecule has 0 saturated heterocycles. The molecule has 0 spiro atoms. The van der Waals surface area contributed by atoms with Gasteiger partial charge in [-0.3, -0.25) is 4.79 Å². The number of hydrogen-bond acceptors (Lipinski definition) is 3. The number of aliphatic hydroxyl groups is 1. The summed E-state index contributed by atoms with van der Waals surface area (Å²) in [7, 11) is 0. The molecule has 0 aliphatic rings. The van der Waals surface area contributed by atoms with Crippen molar-refractivity contribution in [1.82, 2.24) is 5.32 Å². The van der Waals surface area contributed by atoms with Crippen LogP contribution in [0.5, 0.6) is 0 Å². The van der Waals surface area contributed by atoms with E-state index in [1.165, 1.54) is 0 Å². The van der Waals surface area contributed by atoms with Gasteiger partial charge in [-0.05, 0) is 5.92 Å². The van der Waals surface area contributed by atoms with Crippen molar-refractivity contribution in [3.05, 3.63) is 12.2 Å². The average Bonchev–Trinajstić information content (AvgIpc) is 2.10. The van der Waals surface area contributed by atoms with E-state index >= 15 is 0 Å². The fourth-order valence-electron chi connectivity index (χ4n) is 0.545. The number of nitrogens with one attached hydrogen (secondary N) is 1. The van der Waals surface area contributed by atoms with Gasteiger partial charge in [0.1, 0.15) is 0 Å². The molecule has 0 aromatic heterocycles. The van der Waals surface area contributed by atoms with Crippen molar-refractivity contribution in [2.75, 3.05) is 13.2 Å². The summed E-state index contributed by atoms with van der Waals surface area (Å²) in [5, 5.41) is 19.2. The van der Waals surface area contributed by atoms with Crippen LogP contribution in [0.4, 0.5) is 0 Å². The molecule has 1 unspecified atom stereocenters. The van der Waals surface area contributed by atoms with Crippen LogP contribution < -0.4 is 5.32 Å². The first kappa shape index (κ1) is 11.6. The van der Waals surface area contributed by atoms with Crippen LogP contribution in [0.3, 0.4) is 0 Å². The van der Waals surface area contributed by atoms with Crippen LogP contribution >= 0.6 is 0 Å². The van der Waals surface area contributed by atoms with E-state index in [0.717, 1.165) is 12.2 Å². The molecule has 0 fully saturated rings. The van der Waals surface area contributed by atoms with E-state index in [-0.39, 0.29) is 12.5 Å². The van der Waals surface area contributed by atoms with Crippen LogP contribution in [-0.2, 0) is 9.59 Å². The maximum absolute atomic E-state index is 10.8. The van der Waals surface area contributed by atoms with Gasteiger partial charge < -0.3 is 15.5 Å². The molecule has 3 N–H and O–H groups in total. The van der Waals surface area contributed by atoms with Crippen LogP contribution in [0.15, 0.2) is 12.2 Å². The summed E-state index contributed by atoms with van der Waals surface area (Å²) in [6.45, 7) is 2.09. The largest absolute Gasteiger partial charge is 0.478 e. The lowest BCUT2D eigenvalue weighted by Gasteiger charge is -2.06. The fourth-order valence-corrected chi connectivity index (χ4v) is 0.545. The molecule has 0 radical (unpaired) electrons. The van der Waals surface area contributed by atoms with Crippen molar-refractivity contribution in [3.8, 4) is 0 Å². The molecule has 13 heavy (non-hydrogen) atoms. The van der Waals surface area contributed by atoms with E-state index in [4.69, 9.17) is 10.2 Å². The number of aliphatic hydroxyl groups excluding tert-OH is 1. The lowest BCUT2D eigenvalue weighted by molar-refractivity contribution is -0.131. The summed E-state index contributed by atoms with van der Waals surface area (Å²) in [4.78, 5) is 20.8. The van der Waals surface area contributed by atoms with Crippen molar-refractivity contribution < 1.29 is 19.8 Å².